The second kappa shape index (κ2) is 4.48. The van der Waals surface area contributed by atoms with Gasteiger partial charge in [0.15, 0.2) is 0 Å². The molecule has 0 spiro atoms. The highest BCUT2D eigenvalue weighted by atomic mass is 16.6. The van der Waals surface area contributed by atoms with E-state index in [1.54, 1.807) is 16.9 Å². The Balaban J connectivity index is 2.31. The summed E-state index contributed by atoms with van der Waals surface area (Å²) in [5.41, 5.74) is 4.02. The lowest BCUT2D eigenvalue weighted by molar-refractivity contribution is -0.384. The van der Waals surface area contributed by atoms with Crippen LogP contribution in [-0.2, 0) is 6.67 Å². The zero-order valence-electron chi connectivity index (χ0n) is 9.62. The molecule has 0 fully saturated rings. The summed E-state index contributed by atoms with van der Waals surface area (Å²) in [7, 11) is 3.77. The lowest BCUT2D eigenvalue weighted by Crippen LogP contribution is -2.32. The van der Waals surface area contributed by atoms with Crippen LogP contribution in [0.25, 0.3) is 10.9 Å². The lowest BCUT2D eigenvalue weighted by Gasteiger charge is -2.12. The monoisotopic (exact) mass is 235 g/mol. The molecule has 2 rings (SSSR count). The quantitative estimate of drug-likeness (QED) is 0.631. The molecular weight excluding hydrogens is 222 g/mol. The van der Waals surface area contributed by atoms with E-state index in [0.717, 1.165) is 10.9 Å². The van der Waals surface area contributed by atoms with Gasteiger partial charge in [-0.15, -0.1) is 0 Å². The van der Waals surface area contributed by atoms with Gasteiger partial charge in [0.05, 0.1) is 16.6 Å². The zero-order chi connectivity index (χ0) is 12.4. The minimum Gasteiger partial charge on any atom is -0.258 e. The Morgan fingerprint density at radius 3 is 2.94 bits per heavy atom. The number of aromatic nitrogens is 2. The van der Waals surface area contributed by atoms with Crippen molar-refractivity contribution in [2.75, 3.05) is 14.1 Å². The predicted octanol–water partition coefficient (Wildman–Crippen LogP) is 0.968. The van der Waals surface area contributed by atoms with Crippen LogP contribution in [0.5, 0.6) is 0 Å². The summed E-state index contributed by atoms with van der Waals surface area (Å²) in [6.45, 7) is 0.522. The summed E-state index contributed by atoms with van der Waals surface area (Å²) < 4.78 is 1.75. The molecule has 0 bridgehead atoms. The largest absolute Gasteiger partial charge is 0.270 e. The summed E-state index contributed by atoms with van der Waals surface area (Å²) in [6, 6.07) is 4.71. The van der Waals surface area contributed by atoms with E-state index in [1.807, 2.05) is 19.1 Å². The number of nitrogens with one attached hydrogen (secondary N) is 1. The Labute approximate surface area is 97.7 Å². The average Bonchev–Trinajstić information content (AvgIpc) is 2.68. The van der Waals surface area contributed by atoms with Gasteiger partial charge in [0.2, 0.25) is 0 Å². The van der Waals surface area contributed by atoms with Gasteiger partial charge in [0.25, 0.3) is 5.69 Å². The van der Waals surface area contributed by atoms with E-state index in [1.165, 1.54) is 12.1 Å². The molecule has 0 saturated carbocycles. The van der Waals surface area contributed by atoms with Crippen molar-refractivity contribution in [3.8, 4) is 0 Å². The number of non-ortho nitro benzene ring substituents is 1. The summed E-state index contributed by atoms with van der Waals surface area (Å²) in [6.07, 6.45) is 1.62. The van der Waals surface area contributed by atoms with E-state index < -0.39 is 4.92 Å². The van der Waals surface area contributed by atoms with Gasteiger partial charge in [-0.05, 0) is 6.07 Å². The first kappa shape index (κ1) is 11.5. The SMILES string of the molecule is CN(C)NCn1ncc2cc([N+](=O)[O-])ccc21. The smallest absolute Gasteiger partial charge is 0.258 e. The zero-order valence-corrected chi connectivity index (χ0v) is 9.62. The number of benzene rings is 1. The molecule has 0 saturated heterocycles. The van der Waals surface area contributed by atoms with Gasteiger partial charge < -0.3 is 0 Å². The van der Waals surface area contributed by atoms with E-state index in [4.69, 9.17) is 0 Å². The highest BCUT2D eigenvalue weighted by Crippen LogP contribution is 2.20. The van der Waals surface area contributed by atoms with Crippen LogP contribution < -0.4 is 5.43 Å². The highest BCUT2D eigenvalue weighted by Gasteiger charge is 2.09. The van der Waals surface area contributed by atoms with Gasteiger partial charge in [-0.2, -0.15) is 5.10 Å². The first-order valence-corrected chi connectivity index (χ1v) is 5.09. The predicted molar refractivity (Wildman–Crippen MR) is 63.2 cm³/mol. The number of nitro benzene ring substituents is 1. The fourth-order valence-electron chi connectivity index (χ4n) is 1.52. The number of hydrazine groups is 1. The Kier molecular flexibility index (Phi) is 3.03. The first-order chi connectivity index (χ1) is 8.08. The molecular formula is C10H13N5O2. The summed E-state index contributed by atoms with van der Waals surface area (Å²) in [5.74, 6) is 0. The van der Waals surface area contributed by atoms with E-state index in [0.29, 0.717) is 6.67 Å². The van der Waals surface area contributed by atoms with Crippen LogP contribution in [0.4, 0.5) is 5.69 Å². The molecule has 1 N–H and O–H groups in total. The van der Waals surface area contributed by atoms with Gasteiger partial charge in [-0.3, -0.25) is 10.1 Å². The van der Waals surface area contributed by atoms with Gasteiger partial charge in [0, 0.05) is 31.6 Å². The van der Waals surface area contributed by atoms with E-state index in [-0.39, 0.29) is 5.69 Å². The molecule has 0 aliphatic carbocycles. The van der Waals surface area contributed by atoms with Crippen molar-refractivity contribution in [1.82, 2.24) is 20.2 Å². The van der Waals surface area contributed by atoms with Crippen LogP contribution in [0.1, 0.15) is 0 Å². The normalized spacial score (nSPS) is 11.2. The third-order valence-electron chi connectivity index (χ3n) is 2.37. The van der Waals surface area contributed by atoms with E-state index in [9.17, 15) is 10.1 Å². The molecule has 1 aromatic heterocycles. The molecule has 0 aliphatic heterocycles. The standard InChI is InChI=1S/C10H13N5O2/c1-13(2)12-7-14-10-4-3-9(15(16)17)5-8(10)6-11-14/h3-6,12H,7H2,1-2H3. The number of nitro groups is 1. The molecule has 7 heteroatoms. The summed E-state index contributed by atoms with van der Waals surface area (Å²) in [4.78, 5) is 10.2. The maximum Gasteiger partial charge on any atom is 0.270 e. The molecule has 7 nitrogen and oxygen atoms in total. The van der Waals surface area contributed by atoms with Crippen LogP contribution in [0, 0.1) is 10.1 Å². The lowest BCUT2D eigenvalue weighted by atomic mass is 10.2. The van der Waals surface area contributed by atoms with Crippen molar-refractivity contribution in [2.24, 2.45) is 0 Å². The van der Waals surface area contributed by atoms with E-state index in [2.05, 4.69) is 10.5 Å². The van der Waals surface area contributed by atoms with Crippen molar-refractivity contribution in [1.29, 1.82) is 0 Å². The average molecular weight is 235 g/mol. The number of fused-ring (bicyclic) bond motifs is 1. The Morgan fingerprint density at radius 2 is 2.29 bits per heavy atom. The van der Waals surface area contributed by atoms with Crippen molar-refractivity contribution in [2.45, 2.75) is 6.67 Å². The molecule has 0 amide bonds. The Bertz CT molecular complexity index is 549. The van der Waals surface area contributed by atoms with Crippen LogP contribution in [0.3, 0.4) is 0 Å². The number of hydrogen-bond acceptors (Lipinski definition) is 5. The van der Waals surface area contributed by atoms with Crippen LogP contribution in [0.2, 0.25) is 0 Å². The van der Waals surface area contributed by atoms with E-state index >= 15 is 0 Å². The summed E-state index contributed by atoms with van der Waals surface area (Å²) in [5, 5.41) is 17.4. The Morgan fingerprint density at radius 1 is 1.53 bits per heavy atom. The highest BCUT2D eigenvalue weighted by molar-refractivity contribution is 5.81. The van der Waals surface area contributed by atoms with Crippen molar-refractivity contribution >= 4 is 16.6 Å². The van der Waals surface area contributed by atoms with Crippen LogP contribution >= 0.6 is 0 Å². The fourth-order valence-corrected chi connectivity index (χ4v) is 1.52. The second-order valence-electron chi connectivity index (χ2n) is 3.85. The third-order valence-corrected chi connectivity index (χ3v) is 2.37. The molecule has 1 aromatic carbocycles. The molecule has 0 aliphatic rings. The molecule has 0 unspecified atom stereocenters. The molecule has 2 aromatic rings. The minimum absolute atomic E-state index is 0.0811. The second-order valence-corrected chi connectivity index (χ2v) is 3.85. The van der Waals surface area contributed by atoms with Crippen molar-refractivity contribution in [3.63, 3.8) is 0 Å². The van der Waals surface area contributed by atoms with Crippen LogP contribution in [-0.4, -0.2) is 33.8 Å². The maximum atomic E-state index is 10.6. The van der Waals surface area contributed by atoms with Gasteiger partial charge >= 0.3 is 0 Å². The van der Waals surface area contributed by atoms with Crippen molar-refractivity contribution < 1.29 is 4.92 Å². The molecule has 0 atom stereocenters. The molecule has 17 heavy (non-hydrogen) atoms. The number of nitrogens with zero attached hydrogens (tertiary/aromatic N) is 4. The summed E-state index contributed by atoms with van der Waals surface area (Å²) >= 11 is 0. The van der Waals surface area contributed by atoms with Gasteiger partial charge in [0.1, 0.15) is 6.67 Å². The van der Waals surface area contributed by atoms with Gasteiger partial charge in [-0.1, -0.05) is 0 Å². The molecule has 0 radical (unpaired) electrons. The van der Waals surface area contributed by atoms with Crippen molar-refractivity contribution in [3.05, 3.63) is 34.5 Å². The Hall–Kier alpha value is -1.99. The fraction of sp³-hybridized carbons (Fsp3) is 0.300. The number of rotatable bonds is 4. The first-order valence-electron chi connectivity index (χ1n) is 5.09. The third kappa shape index (κ3) is 2.40. The van der Waals surface area contributed by atoms with Crippen LogP contribution in [0.15, 0.2) is 24.4 Å². The topological polar surface area (TPSA) is 76.2 Å². The minimum atomic E-state index is -0.408. The molecule has 90 valence electrons. The molecule has 1 heterocycles. The number of hydrogen-bond donors (Lipinski definition) is 1. The van der Waals surface area contributed by atoms with Gasteiger partial charge in [-0.25, -0.2) is 15.1 Å². The maximum absolute atomic E-state index is 10.6.